The van der Waals surface area contributed by atoms with Crippen LogP contribution in [0.2, 0.25) is 5.02 Å². The van der Waals surface area contributed by atoms with Crippen molar-refractivity contribution in [3.8, 4) is 0 Å². The van der Waals surface area contributed by atoms with Crippen molar-refractivity contribution in [2.75, 3.05) is 44.2 Å². The summed E-state index contributed by atoms with van der Waals surface area (Å²) in [6.45, 7) is 8.81. The number of anilines is 1. The fourth-order valence-electron chi connectivity index (χ4n) is 3.69. The second-order valence-electron chi connectivity index (χ2n) is 7.32. The Morgan fingerprint density at radius 1 is 1.00 bits per heavy atom. The lowest BCUT2D eigenvalue weighted by atomic mass is 10.1. The molecule has 8 heteroatoms. The van der Waals surface area contributed by atoms with Crippen LogP contribution >= 0.6 is 11.6 Å². The van der Waals surface area contributed by atoms with E-state index >= 15 is 0 Å². The number of carbonyl (C=O) groups is 1. The van der Waals surface area contributed by atoms with Crippen molar-refractivity contribution >= 4 is 33.2 Å². The standard InChI is InChI=1S/C22H28ClN3O3S/c1-4-26(5-2)30(28,29)20-11-6-17(3)21(16-20)22(27)25-14-12-24(13-15-25)19-9-7-18(23)8-10-19/h6-11,16H,4-5,12-15H2,1-3H3. The Hall–Kier alpha value is -2.09. The molecule has 0 unspecified atom stereocenters. The van der Waals surface area contributed by atoms with Gasteiger partial charge in [0.15, 0.2) is 0 Å². The normalized spacial score (nSPS) is 15.0. The van der Waals surface area contributed by atoms with Crippen LogP contribution < -0.4 is 4.90 Å². The van der Waals surface area contributed by atoms with Crippen LogP contribution in [-0.2, 0) is 10.0 Å². The average molecular weight is 450 g/mol. The Balaban J connectivity index is 1.76. The van der Waals surface area contributed by atoms with E-state index in [-0.39, 0.29) is 10.8 Å². The number of hydrogen-bond donors (Lipinski definition) is 0. The zero-order chi connectivity index (χ0) is 21.9. The summed E-state index contributed by atoms with van der Waals surface area (Å²) in [5, 5.41) is 0.697. The van der Waals surface area contributed by atoms with Gasteiger partial charge in [0.25, 0.3) is 5.91 Å². The highest BCUT2D eigenvalue weighted by Crippen LogP contribution is 2.23. The van der Waals surface area contributed by atoms with Gasteiger partial charge in [0.2, 0.25) is 10.0 Å². The maximum Gasteiger partial charge on any atom is 0.254 e. The first-order valence-corrected chi connectivity index (χ1v) is 12.0. The highest BCUT2D eigenvalue weighted by molar-refractivity contribution is 7.89. The summed E-state index contributed by atoms with van der Waals surface area (Å²) in [4.78, 5) is 17.4. The molecule has 0 saturated carbocycles. The summed E-state index contributed by atoms with van der Waals surface area (Å²) >= 11 is 5.96. The molecule has 1 heterocycles. The molecule has 0 spiro atoms. The minimum atomic E-state index is -3.61. The molecule has 0 atom stereocenters. The van der Waals surface area contributed by atoms with Crippen molar-refractivity contribution in [3.63, 3.8) is 0 Å². The van der Waals surface area contributed by atoms with Crippen LogP contribution in [0.4, 0.5) is 5.69 Å². The van der Waals surface area contributed by atoms with Gasteiger partial charge in [-0.05, 0) is 48.9 Å². The number of piperazine rings is 1. The number of amides is 1. The molecule has 1 aliphatic rings. The Kier molecular flexibility index (Phi) is 7.06. The van der Waals surface area contributed by atoms with Crippen LogP contribution in [-0.4, -0.2) is 62.8 Å². The molecule has 0 aliphatic carbocycles. The average Bonchev–Trinajstić information content (AvgIpc) is 2.75. The van der Waals surface area contributed by atoms with Gasteiger partial charge in [-0.1, -0.05) is 31.5 Å². The van der Waals surface area contributed by atoms with Gasteiger partial charge in [0, 0.05) is 55.5 Å². The lowest BCUT2D eigenvalue weighted by Gasteiger charge is -2.36. The molecule has 0 radical (unpaired) electrons. The number of benzene rings is 2. The van der Waals surface area contributed by atoms with Crippen molar-refractivity contribution in [1.82, 2.24) is 9.21 Å². The van der Waals surface area contributed by atoms with E-state index in [9.17, 15) is 13.2 Å². The van der Waals surface area contributed by atoms with Gasteiger partial charge < -0.3 is 9.80 Å². The molecule has 2 aromatic carbocycles. The van der Waals surface area contributed by atoms with Crippen LogP contribution in [0, 0.1) is 6.92 Å². The molecule has 3 rings (SSSR count). The third kappa shape index (κ3) is 4.63. The van der Waals surface area contributed by atoms with Gasteiger partial charge in [-0.3, -0.25) is 4.79 Å². The molecule has 1 saturated heterocycles. The van der Waals surface area contributed by atoms with Crippen molar-refractivity contribution in [2.45, 2.75) is 25.7 Å². The number of rotatable bonds is 6. The maximum atomic E-state index is 13.2. The molecular weight excluding hydrogens is 422 g/mol. The first-order chi connectivity index (χ1) is 14.3. The van der Waals surface area contributed by atoms with E-state index in [0.717, 1.165) is 11.3 Å². The Morgan fingerprint density at radius 3 is 2.17 bits per heavy atom. The molecule has 0 N–H and O–H groups in total. The summed E-state index contributed by atoms with van der Waals surface area (Å²) in [7, 11) is -3.61. The number of nitrogens with zero attached hydrogens (tertiary/aromatic N) is 3. The smallest absolute Gasteiger partial charge is 0.254 e. The number of carbonyl (C=O) groups excluding carboxylic acids is 1. The lowest BCUT2D eigenvalue weighted by molar-refractivity contribution is 0.0746. The van der Waals surface area contributed by atoms with E-state index in [0.29, 0.717) is 49.9 Å². The second kappa shape index (κ2) is 9.37. The Bertz CT molecular complexity index is 997. The summed E-state index contributed by atoms with van der Waals surface area (Å²) in [6.07, 6.45) is 0. The van der Waals surface area contributed by atoms with E-state index in [2.05, 4.69) is 4.90 Å². The third-order valence-electron chi connectivity index (χ3n) is 5.54. The number of hydrogen-bond acceptors (Lipinski definition) is 4. The molecule has 1 fully saturated rings. The molecule has 6 nitrogen and oxygen atoms in total. The number of halogens is 1. The SMILES string of the molecule is CCN(CC)S(=O)(=O)c1ccc(C)c(C(=O)N2CCN(c3ccc(Cl)cc3)CC2)c1. The maximum absolute atomic E-state index is 13.2. The minimum Gasteiger partial charge on any atom is -0.368 e. The summed E-state index contributed by atoms with van der Waals surface area (Å²) in [6, 6.07) is 12.5. The minimum absolute atomic E-state index is 0.125. The largest absolute Gasteiger partial charge is 0.368 e. The van der Waals surface area contributed by atoms with Crippen LogP contribution in [0.1, 0.15) is 29.8 Å². The molecule has 162 valence electrons. The van der Waals surface area contributed by atoms with Crippen molar-refractivity contribution < 1.29 is 13.2 Å². The Morgan fingerprint density at radius 2 is 1.60 bits per heavy atom. The molecule has 30 heavy (non-hydrogen) atoms. The highest BCUT2D eigenvalue weighted by atomic mass is 35.5. The van der Waals surface area contributed by atoms with Gasteiger partial charge in [-0.15, -0.1) is 0 Å². The van der Waals surface area contributed by atoms with Crippen LogP contribution in [0.3, 0.4) is 0 Å². The molecule has 1 amide bonds. The summed E-state index contributed by atoms with van der Waals surface area (Å²) in [5.74, 6) is -0.125. The second-order valence-corrected chi connectivity index (χ2v) is 9.70. The van der Waals surface area contributed by atoms with Crippen molar-refractivity contribution in [1.29, 1.82) is 0 Å². The monoisotopic (exact) mass is 449 g/mol. The summed E-state index contributed by atoms with van der Waals surface area (Å²) < 4.78 is 27.1. The fourth-order valence-corrected chi connectivity index (χ4v) is 5.31. The van der Waals surface area contributed by atoms with Gasteiger partial charge in [0.05, 0.1) is 4.90 Å². The Labute approximate surface area is 184 Å². The van der Waals surface area contributed by atoms with E-state index in [4.69, 9.17) is 11.6 Å². The quantitative estimate of drug-likeness (QED) is 0.675. The third-order valence-corrected chi connectivity index (χ3v) is 7.84. The lowest BCUT2D eigenvalue weighted by Crippen LogP contribution is -2.49. The number of sulfonamides is 1. The van der Waals surface area contributed by atoms with Crippen LogP contribution in [0.5, 0.6) is 0 Å². The van der Waals surface area contributed by atoms with Crippen LogP contribution in [0.15, 0.2) is 47.4 Å². The van der Waals surface area contributed by atoms with E-state index in [1.807, 2.05) is 45.0 Å². The van der Waals surface area contributed by atoms with Crippen molar-refractivity contribution in [3.05, 3.63) is 58.6 Å². The topological polar surface area (TPSA) is 60.9 Å². The van der Waals surface area contributed by atoms with Gasteiger partial charge in [-0.25, -0.2) is 8.42 Å². The van der Waals surface area contributed by atoms with Crippen LogP contribution in [0.25, 0.3) is 0 Å². The molecule has 0 bridgehead atoms. The molecular formula is C22H28ClN3O3S. The summed E-state index contributed by atoms with van der Waals surface area (Å²) in [5.41, 5.74) is 2.30. The molecule has 1 aliphatic heterocycles. The van der Waals surface area contributed by atoms with Crippen molar-refractivity contribution in [2.24, 2.45) is 0 Å². The van der Waals surface area contributed by atoms with Gasteiger partial charge >= 0.3 is 0 Å². The predicted octanol–water partition coefficient (Wildman–Crippen LogP) is 3.64. The highest BCUT2D eigenvalue weighted by Gasteiger charge is 2.27. The first-order valence-electron chi connectivity index (χ1n) is 10.2. The van der Waals surface area contributed by atoms with Gasteiger partial charge in [0.1, 0.15) is 0 Å². The predicted molar refractivity (Wildman–Crippen MR) is 121 cm³/mol. The molecule has 2 aromatic rings. The fraction of sp³-hybridized carbons (Fsp3) is 0.409. The van der Waals surface area contributed by atoms with Gasteiger partial charge in [-0.2, -0.15) is 4.31 Å². The zero-order valence-electron chi connectivity index (χ0n) is 17.6. The van der Waals surface area contributed by atoms with E-state index < -0.39 is 10.0 Å². The van der Waals surface area contributed by atoms with E-state index in [1.165, 1.54) is 10.4 Å². The van der Waals surface area contributed by atoms with E-state index in [1.54, 1.807) is 17.0 Å². The molecule has 0 aromatic heterocycles. The first kappa shape index (κ1) is 22.6. The zero-order valence-corrected chi connectivity index (χ0v) is 19.2. The number of aryl methyl sites for hydroxylation is 1.